The summed E-state index contributed by atoms with van der Waals surface area (Å²) in [5, 5.41) is 53.3. The number of carbonyl (C=O) groups excluding carboxylic acids is 5. The summed E-state index contributed by atoms with van der Waals surface area (Å²) in [5.41, 5.74) is 16.9. The fourth-order valence-corrected chi connectivity index (χ4v) is 3.43. The molecule has 0 bridgehead atoms. The number of rotatable bonds is 22. The number of nitrogens with one attached hydrogen (secondary N) is 2. The second-order valence-corrected chi connectivity index (χ2v) is 9.60. The van der Waals surface area contributed by atoms with Crippen molar-refractivity contribution in [1.82, 2.24) is 25.8 Å². The van der Waals surface area contributed by atoms with E-state index in [0.717, 1.165) is 0 Å². The van der Waals surface area contributed by atoms with E-state index in [1.807, 2.05) is 0 Å². The summed E-state index contributed by atoms with van der Waals surface area (Å²) in [4.78, 5) is 70.0. The van der Waals surface area contributed by atoms with Gasteiger partial charge in [0.15, 0.2) is 0 Å². The summed E-state index contributed by atoms with van der Waals surface area (Å²) in [5.74, 6) is -4.42. The molecule has 0 aliphatic heterocycles. The van der Waals surface area contributed by atoms with Crippen molar-refractivity contribution in [2.24, 2.45) is 17.2 Å². The van der Waals surface area contributed by atoms with E-state index in [1.54, 1.807) is 0 Å². The van der Waals surface area contributed by atoms with Gasteiger partial charge in [-0.05, 0) is 45.4 Å². The molecule has 0 rings (SSSR count). The maximum absolute atomic E-state index is 12.5. The highest BCUT2D eigenvalue weighted by atomic mass is 16.5. The van der Waals surface area contributed by atoms with Crippen LogP contribution in [-0.4, -0.2) is 133 Å². The van der Waals surface area contributed by atoms with Crippen LogP contribution in [0.15, 0.2) is 0 Å². The minimum absolute atomic E-state index is 0.00179. The van der Waals surface area contributed by atoms with E-state index in [-0.39, 0.29) is 82.6 Å². The number of aliphatic hydroxyl groups excluding tert-OH is 1. The van der Waals surface area contributed by atoms with Gasteiger partial charge in [-0.25, -0.2) is 15.2 Å². The minimum atomic E-state index is -1.55. The van der Waals surface area contributed by atoms with Gasteiger partial charge in [0.1, 0.15) is 12.1 Å². The van der Waals surface area contributed by atoms with Crippen molar-refractivity contribution in [3.8, 4) is 0 Å². The monoisotopic (exact) mass is 608 g/mol. The van der Waals surface area contributed by atoms with E-state index >= 15 is 0 Å². The highest BCUT2D eigenvalue weighted by Gasteiger charge is 2.31. The van der Waals surface area contributed by atoms with E-state index in [9.17, 15) is 44.3 Å². The molecule has 0 saturated heterocycles. The van der Waals surface area contributed by atoms with Crippen LogP contribution < -0.4 is 27.8 Å². The number of nitrogens with zero attached hydrogens (tertiary/aromatic N) is 3. The van der Waals surface area contributed by atoms with Crippen LogP contribution in [0.3, 0.4) is 0 Å². The Kier molecular flexibility index (Phi) is 18.7. The zero-order chi connectivity index (χ0) is 32.4. The molecular formula is C23H44N8O11. The minimum Gasteiger partial charge on any atom is -0.480 e. The number of carboxylic acids is 1. The second-order valence-electron chi connectivity index (χ2n) is 9.60. The molecule has 5 amide bonds. The maximum Gasteiger partial charge on any atom is 0.320 e. The first kappa shape index (κ1) is 38.5. The van der Waals surface area contributed by atoms with Crippen LogP contribution in [0.1, 0.15) is 51.9 Å². The van der Waals surface area contributed by atoms with Crippen molar-refractivity contribution in [2.45, 2.75) is 82.1 Å². The van der Waals surface area contributed by atoms with Gasteiger partial charge in [-0.3, -0.25) is 44.4 Å². The molecule has 242 valence electrons. The van der Waals surface area contributed by atoms with Crippen molar-refractivity contribution >= 4 is 36.0 Å². The summed E-state index contributed by atoms with van der Waals surface area (Å²) in [6, 6.07) is -4.86. The van der Waals surface area contributed by atoms with Gasteiger partial charge < -0.3 is 38.0 Å². The van der Waals surface area contributed by atoms with Crippen molar-refractivity contribution < 1.29 is 54.6 Å². The van der Waals surface area contributed by atoms with Gasteiger partial charge >= 0.3 is 5.97 Å². The molecule has 5 unspecified atom stereocenters. The van der Waals surface area contributed by atoms with Gasteiger partial charge in [-0.1, -0.05) is 0 Å². The van der Waals surface area contributed by atoms with Crippen LogP contribution in [0.25, 0.3) is 0 Å². The third kappa shape index (κ3) is 15.5. The summed E-state index contributed by atoms with van der Waals surface area (Å²) in [7, 11) is 0. The Bertz CT molecular complexity index is 894. The summed E-state index contributed by atoms with van der Waals surface area (Å²) in [6.45, 7) is 0.584. The van der Waals surface area contributed by atoms with Crippen LogP contribution in [0.4, 0.5) is 0 Å². The number of aliphatic hydroxyl groups is 1. The fourth-order valence-electron chi connectivity index (χ4n) is 3.43. The Morgan fingerprint density at radius 3 is 1.83 bits per heavy atom. The molecule has 0 radical (unpaired) electrons. The lowest BCUT2D eigenvalue weighted by atomic mass is 10.1. The lowest BCUT2D eigenvalue weighted by Gasteiger charge is -2.26. The zero-order valence-electron chi connectivity index (χ0n) is 23.5. The Balaban J connectivity index is 4.48. The number of hydrogen-bond acceptors (Lipinski definition) is 13. The van der Waals surface area contributed by atoms with E-state index in [0.29, 0.717) is 10.1 Å². The smallest absolute Gasteiger partial charge is 0.320 e. The average molecular weight is 609 g/mol. The molecule has 42 heavy (non-hydrogen) atoms. The molecule has 19 nitrogen and oxygen atoms in total. The lowest BCUT2D eigenvalue weighted by molar-refractivity contribution is -0.171. The number of hydrogen-bond donors (Lipinski definition) is 10. The standard InChI is InChI=1S/C23H44N8O11/c1-14(33)19(22(37)31(42)12-4-7-17(26)23(38)39)28-21(36)16(25)6-3-11-30(41)18(34)8-9-27-20(35)15(24)5-2-10-29(40)13-32/h13-17,19,33,40-42H,2-12,24-26H2,1H3,(H,27,35)(H,28,36)(H,38,39). The zero-order valence-corrected chi connectivity index (χ0v) is 23.5. The van der Waals surface area contributed by atoms with Gasteiger partial charge in [0, 0.05) is 32.6 Å². The average Bonchev–Trinajstić information content (AvgIpc) is 2.94. The molecule has 13 N–H and O–H groups in total. The van der Waals surface area contributed by atoms with E-state index < -0.39 is 59.9 Å². The fraction of sp³-hybridized carbons (Fsp3) is 0.739. The predicted octanol–water partition coefficient (Wildman–Crippen LogP) is -3.95. The predicted molar refractivity (Wildman–Crippen MR) is 142 cm³/mol. The SMILES string of the molecule is CC(O)C(NC(=O)C(N)CCCN(O)C(=O)CCNC(=O)C(N)CCCN(O)C=O)C(=O)N(O)CCCC(N)C(=O)O. The second kappa shape index (κ2) is 20.4. The molecule has 0 fully saturated rings. The van der Waals surface area contributed by atoms with Crippen LogP contribution in [-0.2, 0) is 28.8 Å². The summed E-state index contributed by atoms with van der Waals surface area (Å²) in [6.07, 6.45) is -0.954. The Morgan fingerprint density at radius 1 is 0.810 bits per heavy atom. The molecule has 0 aromatic rings. The third-order valence-corrected chi connectivity index (χ3v) is 6.01. The highest BCUT2D eigenvalue weighted by Crippen LogP contribution is 2.05. The third-order valence-electron chi connectivity index (χ3n) is 6.01. The lowest BCUT2D eigenvalue weighted by Crippen LogP contribution is -2.56. The number of hydroxylamine groups is 6. The molecule has 5 atom stereocenters. The molecule has 0 saturated carbocycles. The molecule has 19 heteroatoms. The normalized spacial score (nSPS) is 14.5. The molecule has 0 heterocycles. The number of carboxylic acid groups (broad SMARTS) is 1. The van der Waals surface area contributed by atoms with Crippen molar-refractivity contribution in [3.63, 3.8) is 0 Å². The van der Waals surface area contributed by atoms with Gasteiger partial charge in [0.2, 0.25) is 24.1 Å². The number of amides is 5. The van der Waals surface area contributed by atoms with Crippen molar-refractivity contribution in [2.75, 3.05) is 26.2 Å². The van der Waals surface area contributed by atoms with Crippen LogP contribution in [0.2, 0.25) is 0 Å². The molecule has 0 aromatic heterocycles. The first-order chi connectivity index (χ1) is 19.6. The van der Waals surface area contributed by atoms with Crippen LogP contribution in [0.5, 0.6) is 0 Å². The Morgan fingerprint density at radius 2 is 1.31 bits per heavy atom. The Hall–Kier alpha value is -3.46. The molecule has 0 aromatic carbocycles. The van der Waals surface area contributed by atoms with E-state index in [2.05, 4.69) is 10.6 Å². The van der Waals surface area contributed by atoms with Crippen molar-refractivity contribution in [3.05, 3.63) is 0 Å². The van der Waals surface area contributed by atoms with Gasteiger partial charge in [-0.15, -0.1) is 0 Å². The number of carbonyl (C=O) groups is 6. The van der Waals surface area contributed by atoms with Gasteiger partial charge in [-0.2, -0.15) is 0 Å². The van der Waals surface area contributed by atoms with Crippen LogP contribution in [0, 0.1) is 0 Å². The maximum atomic E-state index is 12.5. The van der Waals surface area contributed by atoms with Crippen molar-refractivity contribution in [1.29, 1.82) is 0 Å². The Labute approximate surface area is 242 Å². The quantitative estimate of drug-likeness (QED) is 0.0319. The van der Waals surface area contributed by atoms with Gasteiger partial charge in [0.25, 0.3) is 5.91 Å². The van der Waals surface area contributed by atoms with Crippen LogP contribution >= 0.6 is 0 Å². The summed E-state index contributed by atoms with van der Waals surface area (Å²) < 4.78 is 0. The molecular weight excluding hydrogens is 564 g/mol. The van der Waals surface area contributed by atoms with E-state index in [1.165, 1.54) is 6.92 Å². The summed E-state index contributed by atoms with van der Waals surface area (Å²) >= 11 is 0. The van der Waals surface area contributed by atoms with E-state index in [4.69, 9.17) is 27.5 Å². The molecule has 0 aliphatic rings. The topological polar surface area (TPSA) is 315 Å². The first-order valence-electron chi connectivity index (χ1n) is 13.3. The number of nitrogens with two attached hydrogens (primary N) is 3. The molecule has 0 spiro atoms. The first-order valence-corrected chi connectivity index (χ1v) is 13.3. The number of aliphatic carboxylic acids is 1. The largest absolute Gasteiger partial charge is 0.480 e. The highest BCUT2D eigenvalue weighted by molar-refractivity contribution is 5.89. The van der Waals surface area contributed by atoms with Gasteiger partial charge in [0.05, 0.1) is 18.2 Å². The molecule has 0 aliphatic carbocycles.